The molecule has 0 amide bonds. The average Bonchev–Trinajstić information content (AvgIpc) is 2.94. The van der Waals surface area contributed by atoms with E-state index in [1.807, 2.05) is 29.6 Å². The third-order valence-electron chi connectivity index (χ3n) is 3.34. The molecule has 0 aliphatic rings. The van der Waals surface area contributed by atoms with Crippen LogP contribution in [0.1, 0.15) is 29.7 Å². The predicted molar refractivity (Wildman–Crippen MR) is 79.5 cm³/mol. The summed E-state index contributed by atoms with van der Waals surface area (Å²) in [6, 6.07) is 12.1. The van der Waals surface area contributed by atoms with Crippen molar-refractivity contribution in [3.05, 3.63) is 64.7 Å². The molecule has 19 heavy (non-hydrogen) atoms. The Kier molecular flexibility index (Phi) is 3.32. The number of nitrogens with zero attached hydrogens (tertiary/aromatic N) is 1. The SMILES string of the molecule is CCc1ccc(C(O)c2cnc3ccsc3c2)cc1. The zero-order valence-electron chi connectivity index (χ0n) is 10.7. The first-order valence-corrected chi connectivity index (χ1v) is 7.26. The second kappa shape index (κ2) is 5.11. The standard InChI is InChI=1S/C16H15NOS/c1-2-11-3-5-12(6-4-11)16(18)13-9-15-14(17-10-13)7-8-19-15/h3-10,16,18H,2H2,1H3. The lowest BCUT2D eigenvalue weighted by Gasteiger charge is -2.11. The van der Waals surface area contributed by atoms with Gasteiger partial charge in [0.05, 0.1) is 10.2 Å². The summed E-state index contributed by atoms with van der Waals surface area (Å²) < 4.78 is 1.11. The van der Waals surface area contributed by atoms with Gasteiger partial charge in [-0.05, 0) is 35.1 Å². The normalized spacial score (nSPS) is 12.7. The summed E-state index contributed by atoms with van der Waals surface area (Å²) in [6.07, 6.45) is 2.16. The molecular weight excluding hydrogens is 254 g/mol. The van der Waals surface area contributed by atoms with Gasteiger partial charge in [-0.3, -0.25) is 4.98 Å². The number of hydrogen-bond acceptors (Lipinski definition) is 3. The van der Waals surface area contributed by atoms with Crippen molar-refractivity contribution in [2.24, 2.45) is 0 Å². The first-order valence-electron chi connectivity index (χ1n) is 6.38. The Balaban J connectivity index is 1.94. The Morgan fingerprint density at radius 3 is 2.68 bits per heavy atom. The van der Waals surface area contributed by atoms with E-state index in [1.54, 1.807) is 17.5 Å². The smallest absolute Gasteiger partial charge is 0.106 e. The zero-order chi connectivity index (χ0) is 13.2. The van der Waals surface area contributed by atoms with E-state index in [2.05, 4.69) is 24.0 Å². The molecule has 3 rings (SSSR count). The molecule has 0 aliphatic carbocycles. The van der Waals surface area contributed by atoms with Crippen LogP contribution in [0.2, 0.25) is 0 Å². The number of aryl methyl sites for hydroxylation is 1. The van der Waals surface area contributed by atoms with Crippen LogP contribution in [0.5, 0.6) is 0 Å². The molecule has 1 aromatic carbocycles. The maximum atomic E-state index is 10.4. The van der Waals surface area contributed by atoms with E-state index in [-0.39, 0.29) is 0 Å². The molecule has 0 saturated heterocycles. The Bertz CT molecular complexity index is 687. The van der Waals surface area contributed by atoms with E-state index >= 15 is 0 Å². The van der Waals surface area contributed by atoms with Gasteiger partial charge in [-0.1, -0.05) is 31.2 Å². The third kappa shape index (κ3) is 2.39. The number of hydrogen-bond donors (Lipinski definition) is 1. The lowest BCUT2D eigenvalue weighted by Crippen LogP contribution is -2.00. The van der Waals surface area contributed by atoms with Crippen LogP contribution in [0.4, 0.5) is 0 Å². The van der Waals surface area contributed by atoms with Gasteiger partial charge in [0.25, 0.3) is 0 Å². The summed E-state index contributed by atoms with van der Waals surface area (Å²) >= 11 is 1.65. The minimum atomic E-state index is -0.607. The number of aromatic nitrogens is 1. The number of rotatable bonds is 3. The van der Waals surface area contributed by atoms with Crippen LogP contribution in [0.15, 0.2) is 48.0 Å². The lowest BCUT2D eigenvalue weighted by molar-refractivity contribution is 0.220. The van der Waals surface area contributed by atoms with Crippen molar-refractivity contribution >= 4 is 21.6 Å². The molecule has 1 atom stereocenters. The Morgan fingerprint density at radius 1 is 1.16 bits per heavy atom. The molecule has 0 spiro atoms. The molecular formula is C16H15NOS. The van der Waals surface area contributed by atoms with Crippen LogP contribution in [0.25, 0.3) is 10.2 Å². The second-order valence-corrected chi connectivity index (χ2v) is 5.52. The van der Waals surface area contributed by atoms with Crippen molar-refractivity contribution in [3.63, 3.8) is 0 Å². The van der Waals surface area contributed by atoms with Crippen LogP contribution in [-0.4, -0.2) is 10.1 Å². The van der Waals surface area contributed by atoms with Crippen LogP contribution < -0.4 is 0 Å². The molecule has 0 fully saturated rings. The van der Waals surface area contributed by atoms with Gasteiger partial charge in [-0.15, -0.1) is 11.3 Å². The highest BCUT2D eigenvalue weighted by molar-refractivity contribution is 7.17. The van der Waals surface area contributed by atoms with Crippen molar-refractivity contribution < 1.29 is 5.11 Å². The summed E-state index contributed by atoms with van der Waals surface area (Å²) in [7, 11) is 0. The Labute approximate surface area is 116 Å². The first-order chi connectivity index (χ1) is 9.28. The largest absolute Gasteiger partial charge is 0.384 e. The molecule has 2 heterocycles. The van der Waals surface area contributed by atoms with Gasteiger partial charge in [0.15, 0.2) is 0 Å². The van der Waals surface area contributed by atoms with Crippen molar-refractivity contribution in [1.29, 1.82) is 0 Å². The molecule has 0 saturated carbocycles. The summed E-state index contributed by atoms with van der Waals surface area (Å²) in [5, 5.41) is 12.4. The summed E-state index contributed by atoms with van der Waals surface area (Å²) in [5.74, 6) is 0. The monoisotopic (exact) mass is 269 g/mol. The Morgan fingerprint density at radius 2 is 1.95 bits per heavy atom. The van der Waals surface area contributed by atoms with E-state index < -0.39 is 6.10 Å². The molecule has 0 aliphatic heterocycles. The van der Waals surface area contributed by atoms with Gasteiger partial charge in [-0.25, -0.2) is 0 Å². The maximum Gasteiger partial charge on any atom is 0.106 e. The molecule has 0 bridgehead atoms. The lowest BCUT2D eigenvalue weighted by atomic mass is 10.0. The maximum absolute atomic E-state index is 10.4. The van der Waals surface area contributed by atoms with Crippen LogP contribution >= 0.6 is 11.3 Å². The third-order valence-corrected chi connectivity index (χ3v) is 4.20. The van der Waals surface area contributed by atoms with E-state index in [9.17, 15) is 5.11 Å². The summed E-state index contributed by atoms with van der Waals surface area (Å²) in [4.78, 5) is 4.37. The molecule has 1 unspecified atom stereocenters. The van der Waals surface area contributed by atoms with Crippen LogP contribution in [-0.2, 0) is 6.42 Å². The van der Waals surface area contributed by atoms with Crippen molar-refractivity contribution in [1.82, 2.24) is 4.98 Å². The fourth-order valence-corrected chi connectivity index (χ4v) is 2.93. The minimum Gasteiger partial charge on any atom is -0.384 e. The first kappa shape index (κ1) is 12.3. The molecule has 3 heteroatoms. The molecule has 3 aromatic rings. The van der Waals surface area contributed by atoms with Crippen molar-refractivity contribution in [3.8, 4) is 0 Å². The number of benzene rings is 1. The summed E-state index contributed by atoms with van der Waals surface area (Å²) in [5.41, 5.74) is 4.03. The average molecular weight is 269 g/mol. The van der Waals surface area contributed by atoms with Crippen LogP contribution in [0.3, 0.4) is 0 Å². The van der Waals surface area contributed by atoms with Gasteiger partial charge < -0.3 is 5.11 Å². The zero-order valence-corrected chi connectivity index (χ0v) is 11.5. The van der Waals surface area contributed by atoms with E-state index in [0.29, 0.717) is 0 Å². The number of aliphatic hydroxyl groups excluding tert-OH is 1. The van der Waals surface area contributed by atoms with E-state index in [1.165, 1.54) is 5.56 Å². The molecule has 96 valence electrons. The van der Waals surface area contributed by atoms with E-state index in [0.717, 1.165) is 27.8 Å². The molecule has 1 N–H and O–H groups in total. The number of pyridine rings is 1. The highest BCUT2D eigenvalue weighted by Crippen LogP contribution is 2.26. The van der Waals surface area contributed by atoms with Crippen LogP contribution in [0, 0.1) is 0 Å². The van der Waals surface area contributed by atoms with Gasteiger partial charge in [0, 0.05) is 11.8 Å². The van der Waals surface area contributed by atoms with Crippen molar-refractivity contribution in [2.45, 2.75) is 19.4 Å². The molecule has 2 aromatic heterocycles. The van der Waals surface area contributed by atoms with Gasteiger partial charge in [0.1, 0.15) is 6.10 Å². The molecule has 0 radical (unpaired) electrons. The topological polar surface area (TPSA) is 33.1 Å². The van der Waals surface area contributed by atoms with E-state index in [4.69, 9.17) is 0 Å². The summed E-state index contributed by atoms with van der Waals surface area (Å²) in [6.45, 7) is 2.13. The second-order valence-electron chi connectivity index (χ2n) is 4.57. The fourth-order valence-electron chi connectivity index (χ4n) is 2.14. The number of aliphatic hydroxyl groups is 1. The minimum absolute atomic E-state index is 0.607. The highest BCUT2D eigenvalue weighted by Gasteiger charge is 2.11. The predicted octanol–water partition coefficient (Wildman–Crippen LogP) is 3.94. The number of fused-ring (bicyclic) bond motifs is 1. The van der Waals surface area contributed by atoms with Gasteiger partial charge >= 0.3 is 0 Å². The van der Waals surface area contributed by atoms with Gasteiger partial charge in [0.2, 0.25) is 0 Å². The molecule has 2 nitrogen and oxygen atoms in total. The Hall–Kier alpha value is -1.71. The fraction of sp³-hybridized carbons (Fsp3) is 0.188. The van der Waals surface area contributed by atoms with Gasteiger partial charge in [-0.2, -0.15) is 0 Å². The quantitative estimate of drug-likeness (QED) is 0.781. The highest BCUT2D eigenvalue weighted by atomic mass is 32.1. The number of thiophene rings is 1. The van der Waals surface area contributed by atoms with Crippen molar-refractivity contribution in [2.75, 3.05) is 0 Å².